The average molecular weight is 1620 g/mol. The molecule has 0 bridgehead atoms. The number of hydrogen-bond acceptors (Lipinski definition) is 19. The van der Waals surface area contributed by atoms with Gasteiger partial charge >= 0.3 is 11.9 Å². The van der Waals surface area contributed by atoms with Crippen molar-refractivity contribution < 1.29 is 84.8 Å². The van der Waals surface area contributed by atoms with E-state index in [2.05, 4.69) is 30.8 Å². The Hall–Kier alpha value is -12.4. The zero-order chi connectivity index (χ0) is 98.0. The van der Waals surface area contributed by atoms with Gasteiger partial charge in [0.05, 0.1) is 58.9 Å². The summed E-state index contributed by atoms with van der Waals surface area (Å²) in [5.74, 6) is -5.33. The normalized spacial score (nSPS) is 13.6. The molecule has 110 heavy (non-hydrogen) atoms. The number of carbonyl (C=O) groups excluding carboxylic acids is 8. The van der Waals surface area contributed by atoms with Crippen molar-refractivity contribution in [1.82, 2.24) is 26.6 Å². The number of ketones is 1. The molecular formula is C75H88Cl3N15O15SSi. The number of aryl methyl sites for hydroxylation is 1. The van der Waals surface area contributed by atoms with Gasteiger partial charge in [0.2, 0.25) is 0 Å². The van der Waals surface area contributed by atoms with Gasteiger partial charge in [0.15, 0.2) is 18.9 Å². The predicted molar refractivity (Wildman–Crippen MR) is 436 cm³/mol. The number of hydrogen-bond donors (Lipinski definition) is 9. The molecule has 1 saturated heterocycles. The van der Waals surface area contributed by atoms with Crippen LogP contribution in [0.4, 0.5) is 45.5 Å². The monoisotopic (exact) mass is 1620 g/mol. The number of nitrogen functional groups attached to an aromatic ring is 2. The molecule has 1 fully saturated rings. The first kappa shape index (κ1) is 71.8. The summed E-state index contributed by atoms with van der Waals surface area (Å²) in [5.41, 5.74) is 14.1. The molecule has 0 unspecified atom stereocenters. The number of carboxylic acids is 1. The van der Waals surface area contributed by atoms with E-state index in [1.807, 2.05) is 35.6 Å². The fourth-order valence-electron chi connectivity index (χ4n) is 7.54. The second-order valence-corrected chi connectivity index (χ2v) is 29.9. The first-order valence-corrected chi connectivity index (χ1v) is 36.1. The summed E-state index contributed by atoms with van der Waals surface area (Å²) in [6.45, 7) is 25.2. The highest BCUT2D eigenvalue weighted by molar-refractivity contribution is 7.81. The minimum absolute atomic E-state index is 0.00449. The SMILES string of the molecule is CC(C)=O.CCOC(C)=O.C[Si](C)(C)C#N.O=C(O)c1ccc([N+](=O)[O-])cc1Cl.[2H]C([2H])([2H])NC(=O)c1ccc(N)cc1Cl.[2H]CNC(=O)c1ccc([N+](=O)[O-])cc1Cl.[2H]c1cc(N)ccc1C(=O)NC([2H])([2H])[2H].[2H]c1cc(N2C(=S)N(c3ccc([N+]#[C-])c(C)c3)C(=O)C2(C)C)ccc1C(=O)NC([2H])([2H])[2H].[2H]c1cc(NC(C)(C)[N+]#[C-])ccc1C(=O)NC([2H])([2H])[2H]. The van der Waals surface area contributed by atoms with Crippen molar-refractivity contribution in [3.8, 4) is 5.69 Å². The van der Waals surface area contributed by atoms with Gasteiger partial charge in [-0.25, -0.2) is 21.5 Å². The number of thiocarbonyl (C=S) groups is 1. The van der Waals surface area contributed by atoms with Crippen LogP contribution in [-0.2, 0) is 19.1 Å². The number of nitro benzene ring substituents is 2. The summed E-state index contributed by atoms with van der Waals surface area (Å²) in [4.78, 5) is 130. The van der Waals surface area contributed by atoms with E-state index in [1.165, 1.54) is 111 Å². The van der Waals surface area contributed by atoms with E-state index in [-0.39, 0.29) is 108 Å². The minimum Gasteiger partial charge on any atom is -0.478 e. The predicted octanol–water partition coefficient (Wildman–Crippen LogP) is 14.0. The van der Waals surface area contributed by atoms with Crippen molar-refractivity contribution in [3.05, 3.63) is 243 Å². The number of nitriles is 1. The van der Waals surface area contributed by atoms with Gasteiger partial charge < -0.3 is 62.9 Å². The number of nitrogens with two attached hydrogens (primary N) is 2. The van der Waals surface area contributed by atoms with Crippen molar-refractivity contribution in [2.75, 3.05) is 68.1 Å². The number of esters is 1. The molecule has 0 atom stereocenters. The van der Waals surface area contributed by atoms with Crippen LogP contribution in [0.2, 0.25) is 34.7 Å². The van der Waals surface area contributed by atoms with Gasteiger partial charge in [-0.15, -0.1) is 0 Å². The minimum atomic E-state index is -2.67. The Bertz CT molecular complexity index is 5220. The molecule has 8 rings (SSSR count). The maximum absolute atomic E-state index is 13.3. The van der Waals surface area contributed by atoms with Crippen LogP contribution in [0.5, 0.6) is 0 Å². The summed E-state index contributed by atoms with van der Waals surface area (Å²) in [5, 5.41) is 50.0. The van der Waals surface area contributed by atoms with Crippen molar-refractivity contribution in [1.29, 1.82) is 5.26 Å². The number of nitro groups is 2. The molecule has 0 aromatic heterocycles. The first-order valence-electron chi connectivity index (χ1n) is 39.2. The van der Waals surface area contributed by atoms with E-state index in [9.17, 15) is 63.4 Å². The second kappa shape index (κ2) is 47.3. The van der Waals surface area contributed by atoms with Crippen LogP contribution in [0.3, 0.4) is 0 Å². The lowest BCUT2D eigenvalue weighted by Crippen LogP contribution is -2.44. The number of anilines is 5. The molecule has 0 saturated carbocycles. The lowest BCUT2D eigenvalue weighted by Gasteiger charge is -2.29. The lowest BCUT2D eigenvalue weighted by molar-refractivity contribution is -0.385. The number of nitrogens with zero attached hydrogens (tertiary/aromatic N) is 7. The Labute approximate surface area is 682 Å². The fourth-order valence-corrected chi connectivity index (χ4v) is 8.85. The molecule has 7 aromatic carbocycles. The molecule has 1 aliphatic heterocycles. The average Bonchev–Trinajstić information content (AvgIpc) is 1.58. The molecule has 1 heterocycles. The highest BCUT2D eigenvalue weighted by atomic mass is 35.5. The van der Waals surface area contributed by atoms with Gasteiger partial charge in [0, 0.05) is 149 Å². The summed E-state index contributed by atoms with van der Waals surface area (Å²) in [6, 6.07) is 28.1. The summed E-state index contributed by atoms with van der Waals surface area (Å²) in [6.07, 6.45) is 0. The second-order valence-electron chi connectivity index (χ2n) is 23.6. The number of carbonyl (C=O) groups is 9. The van der Waals surface area contributed by atoms with Crippen LogP contribution in [0, 0.1) is 51.3 Å². The van der Waals surface area contributed by atoms with Crippen LogP contribution >= 0.6 is 47.0 Å². The number of Topliss-reactive ketones (excluding diaryl/α,β-unsaturated/α-hetero) is 1. The molecular weight excluding hydrogens is 1520 g/mol. The Morgan fingerprint density at radius 2 is 1.10 bits per heavy atom. The third kappa shape index (κ3) is 33.6. The van der Waals surface area contributed by atoms with Gasteiger partial charge in [-0.05, 0) is 175 Å². The van der Waals surface area contributed by atoms with Crippen molar-refractivity contribution in [2.45, 2.75) is 93.2 Å². The smallest absolute Gasteiger partial charge is 0.337 e. The third-order valence-corrected chi connectivity index (χ3v) is 14.7. The van der Waals surface area contributed by atoms with Crippen LogP contribution in [0.1, 0.15) is 145 Å². The summed E-state index contributed by atoms with van der Waals surface area (Å²) >= 11 is 22.5. The number of nitrogens with one attached hydrogen (secondary N) is 6. The summed E-state index contributed by atoms with van der Waals surface area (Å²) in [7, 11) is -1.60. The number of benzene rings is 7. The van der Waals surface area contributed by atoms with Crippen LogP contribution < -0.4 is 53.2 Å². The third-order valence-electron chi connectivity index (χ3n) is 12.7. The molecule has 0 radical (unpaired) electrons. The Balaban J connectivity index is 0.00000147. The Morgan fingerprint density at radius 3 is 1.48 bits per heavy atom. The van der Waals surface area contributed by atoms with E-state index in [0.717, 1.165) is 24.3 Å². The van der Waals surface area contributed by atoms with E-state index in [4.69, 9.17) is 104 Å². The highest BCUT2D eigenvalue weighted by Crippen LogP contribution is 2.38. The number of halogens is 3. The molecule has 0 aliphatic carbocycles. The van der Waals surface area contributed by atoms with E-state index < -0.39 is 92.5 Å². The lowest BCUT2D eigenvalue weighted by atomic mass is 10.0. The first-order chi connectivity index (χ1) is 57.5. The van der Waals surface area contributed by atoms with Gasteiger partial charge in [-0.2, -0.15) is 0 Å². The topological polar surface area (TPSA) is 433 Å². The van der Waals surface area contributed by atoms with Crippen molar-refractivity contribution in [3.63, 3.8) is 0 Å². The number of amides is 6. The van der Waals surface area contributed by atoms with E-state index >= 15 is 0 Å². The Morgan fingerprint density at radius 1 is 0.673 bits per heavy atom. The zero-order valence-electron chi connectivity index (χ0n) is 77.0. The number of carboxylic acid groups (broad SMARTS) is 1. The van der Waals surface area contributed by atoms with Crippen LogP contribution in [0.15, 0.2) is 146 Å². The van der Waals surface area contributed by atoms with Crippen molar-refractivity contribution >= 4 is 159 Å². The number of rotatable bonds is 13. The molecule has 30 nitrogen and oxygen atoms in total. The van der Waals surface area contributed by atoms with E-state index in [1.54, 1.807) is 70.0 Å². The van der Waals surface area contributed by atoms with Gasteiger partial charge in [0.25, 0.3) is 52.5 Å². The molecule has 1 aliphatic rings. The molecule has 11 N–H and O–H groups in total. The molecule has 7 aromatic rings. The van der Waals surface area contributed by atoms with Gasteiger partial charge in [-0.3, -0.25) is 63.5 Å². The Kier molecular flexibility index (Phi) is 30.9. The zero-order valence-corrected chi connectivity index (χ0v) is 65.1. The number of non-ortho nitro benzene ring substituents is 2. The largest absolute Gasteiger partial charge is 0.478 e. The van der Waals surface area contributed by atoms with Crippen LogP contribution in [-0.4, -0.2) is 134 Å². The highest BCUT2D eigenvalue weighted by Gasteiger charge is 2.50. The number of aromatic carboxylic acids is 1. The maximum atomic E-state index is 13.3. The maximum Gasteiger partial charge on any atom is 0.337 e. The van der Waals surface area contributed by atoms with Crippen LogP contribution in [0.25, 0.3) is 9.69 Å². The summed E-state index contributed by atoms with van der Waals surface area (Å²) < 4.78 is 118. The van der Waals surface area contributed by atoms with E-state index in [0.29, 0.717) is 46.3 Å². The fraction of sp³-hybridized carbons (Fsp3) is 0.267. The quantitative estimate of drug-likeness (QED) is 0.00984. The molecule has 584 valence electrons. The van der Waals surface area contributed by atoms with Crippen molar-refractivity contribution in [2.24, 2.45) is 0 Å². The molecule has 0 spiro atoms. The standard InChI is InChI=1S/C21H20N4O2S.C12H15N3O.C8H7ClN2O3.C8H9ClN2O.C8H10N2O.C7H4ClNO4.C4H9NSi.C4H8O2.C3H6O/c1-13-12-16(10-11-17(13)22-4)24-19(27)21(2,3)25(20(24)28)15-8-6-14(7-9-15)18(26)23-5;1-12(2,14-4)15-10-7-5-9(6-8-10)11(16)13-3;1-10-8(12)6-3-2-5(11(13)14)4-7(6)9;1-11-8(12)6-3-2-5(10)4-7(6)9;1-10-8(11)6-2-4-7(9)5-3-6;8-6-3-4(9(12)13)1-2-5(6)7(10)11;1-6(2,3)4-5;1-3-6-4(2)5;1-3(2)4/h6-12H,1-3,5H3,(H,23,26);5-8,15H,1-3H3,(H,13,16);2-4H,1H3,(H,10,12);2-4H,10H2,1H3,(H,11,12);2-5H,9H2,1H3,(H,10,11);1-3H,(H,10,11);1-3H3;3H2,1-2H3;1-2H3/i5D3,6D;3D3,5D;1D;1D3;1D3,2D;;;;. The number of ether oxygens (including phenoxy) is 1. The van der Waals surface area contributed by atoms with Gasteiger partial charge in [-0.1, -0.05) is 60.5 Å². The molecule has 35 heteroatoms. The van der Waals surface area contributed by atoms with Gasteiger partial charge in [0.1, 0.15) is 11.3 Å². The molecule has 6 amide bonds.